The number of hydrogen-bond acceptors (Lipinski definition) is 7. The first-order valence-electron chi connectivity index (χ1n) is 11.4. The van der Waals surface area contributed by atoms with E-state index in [0.29, 0.717) is 23.2 Å². The molecule has 2 aromatic carbocycles. The number of rotatable bonds is 7. The van der Waals surface area contributed by atoms with Crippen LogP contribution in [-0.4, -0.2) is 35.5 Å². The van der Waals surface area contributed by atoms with Crippen LogP contribution in [0.1, 0.15) is 20.9 Å². The third kappa shape index (κ3) is 5.79. The van der Waals surface area contributed by atoms with Gasteiger partial charge in [0.05, 0.1) is 15.6 Å². The summed E-state index contributed by atoms with van der Waals surface area (Å²) in [6.07, 6.45) is 8.37. The molecule has 0 fully saturated rings. The molecular weight excluding hydrogens is 504 g/mol. The molecule has 0 aliphatic rings. The number of nitrogens with one attached hydrogen (secondary N) is 1. The van der Waals surface area contributed by atoms with Gasteiger partial charge in [-0.3, -0.25) is 14.8 Å². The van der Waals surface area contributed by atoms with E-state index in [-0.39, 0.29) is 10.8 Å². The number of sulfone groups is 1. The van der Waals surface area contributed by atoms with Crippen LogP contribution in [-0.2, 0) is 16.3 Å². The number of amides is 1. The first-order chi connectivity index (χ1) is 17.9. The van der Waals surface area contributed by atoms with Crippen LogP contribution in [0.25, 0.3) is 22.4 Å². The predicted octanol–water partition coefficient (Wildman–Crippen LogP) is 5.51. The molecule has 7 nitrogen and oxygen atoms in total. The Balaban J connectivity index is 1.37. The Labute approximate surface area is 218 Å². The lowest BCUT2D eigenvalue weighted by Crippen LogP contribution is -2.13. The number of carbonyl (C=O) groups is 1. The summed E-state index contributed by atoms with van der Waals surface area (Å²) in [6.45, 7) is 0. The van der Waals surface area contributed by atoms with E-state index in [9.17, 15) is 13.2 Å². The third-order valence-electron chi connectivity index (χ3n) is 5.73. The molecule has 5 rings (SSSR count). The van der Waals surface area contributed by atoms with Crippen LogP contribution in [0, 0.1) is 0 Å². The van der Waals surface area contributed by atoms with E-state index in [1.165, 1.54) is 23.7 Å². The second kappa shape index (κ2) is 10.4. The lowest BCUT2D eigenvalue weighted by Gasteiger charge is -2.11. The van der Waals surface area contributed by atoms with Gasteiger partial charge in [-0.25, -0.2) is 13.4 Å². The molecule has 0 bridgehead atoms. The summed E-state index contributed by atoms with van der Waals surface area (Å²) in [5.41, 5.74) is 5.24. The topological polar surface area (TPSA) is 102 Å². The Kier molecular flexibility index (Phi) is 6.89. The van der Waals surface area contributed by atoms with Gasteiger partial charge in [0.1, 0.15) is 0 Å². The average molecular weight is 527 g/mol. The summed E-state index contributed by atoms with van der Waals surface area (Å²) < 4.78 is 24.9. The van der Waals surface area contributed by atoms with Crippen molar-refractivity contribution < 1.29 is 13.2 Å². The van der Waals surface area contributed by atoms with Gasteiger partial charge >= 0.3 is 0 Å². The van der Waals surface area contributed by atoms with Gasteiger partial charge in [0.2, 0.25) is 0 Å². The average Bonchev–Trinajstić information content (AvgIpc) is 3.38. The molecule has 3 heterocycles. The standard InChI is InChI=1S/C28H22N4O3S2/c1-37(34,35)26-9-8-24(15-23(26)16-27-32-25(18-36-27)22-3-2-12-30-17-22)31-28(33)21-6-4-19(5-7-21)20-10-13-29-14-11-20/h2-15,17-18H,16H2,1H3,(H,31,33). The minimum atomic E-state index is -3.48. The maximum Gasteiger partial charge on any atom is 0.255 e. The summed E-state index contributed by atoms with van der Waals surface area (Å²) in [4.78, 5) is 25.9. The molecule has 37 heavy (non-hydrogen) atoms. The van der Waals surface area contributed by atoms with Crippen molar-refractivity contribution in [1.82, 2.24) is 15.0 Å². The van der Waals surface area contributed by atoms with Crippen LogP contribution < -0.4 is 5.32 Å². The van der Waals surface area contributed by atoms with E-state index in [1.807, 2.05) is 41.8 Å². The fourth-order valence-electron chi connectivity index (χ4n) is 3.92. The second-order valence-electron chi connectivity index (χ2n) is 8.41. The zero-order valence-electron chi connectivity index (χ0n) is 19.8. The van der Waals surface area contributed by atoms with Crippen LogP contribution in [0.2, 0.25) is 0 Å². The molecule has 0 aliphatic heterocycles. The minimum absolute atomic E-state index is 0.213. The second-order valence-corrected chi connectivity index (χ2v) is 11.3. The van der Waals surface area contributed by atoms with E-state index in [1.54, 1.807) is 49.1 Å². The molecule has 0 radical (unpaired) electrons. The van der Waals surface area contributed by atoms with Crippen molar-refractivity contribution in [3.8, 4) is 22.4 Å². The Hall–Kier alpha value is -4.21. The molecule has 0 unspecified atom stereocenters. The van der Waals surface area contributed by atoms with Crippen LogP contribution >= 0.6 is 11.3 Å². The molecular formula is C28H22N4O3S2. The van der Waals surface area contributed by atoms with E-state index >= 15 is 0 Å². The monoisotopic (exact) mass is 526 g/mol. The molecule has 1 N–H and O–H groups in total. The fraction of sp³-hybridized carbons (Fsp3) is 0.0714. The summed E-state index contributed by atoms with van der Waals surface area (Å²) >= 11 is 1.45. The van der Waals surface area contributed by atoms with E-state index in [0.717, 1.165) is 27.4 Å². The number of nitrogens with zero attached hydrogens (tertiary/aromatic N) is 3. The Morgan fingerprint density at radius 2 is 1.65 bits per heavy atom. The van der Waals surface area contributed by atoms with Crippen molar-refractivity contribution in [2.45, 2.75) is 11.3 Å². The summed E-state index contributed by atoms with van der Waals surface area (Å²) in [5.74, 6) is -0.285. The number of anilines is 1. The molecule has 5 aromatic rings. The van der Waals surface area contributed by atoms with E-state index < -0.39 is 9.84 Å². The fourth-order valence-corrected chi connectivity index (χ4v) is 5.67. The predicted molar refractivity (Wildman–Crippen MR) is 145 cm³/mol. The number of hydrogen-bond donors (Lipinski definition) is 1. The lowest BCUT2D eigenvalue weighted by molar-refractivity contribution is 0.102. The van der Waals surface area contributed by atoms with Gasteiger partial charge in [-0.1, -0.05) is 12.1 Å². The van der Waals surface area contributed by atoms with E-state index in [4.69, 9.17) is 0 Å². The molecule has 1 amide bonds. The number of carbonyl (C=O) groups excluding carboxylic acids is 1. The van der Waals surface area contributed by atoms with Crippen molar-refractivity contribution in [1.29, 1.82) is 0 Å². The number of aromatic nitrogens is 3. The van der Waals surface area contributed by atoms with Gasteiger partial charge < -0.3 is 5.32 Å². The summed E-state index contributed by atoms with van der Waals surface area (Å²) in [7, 11) is -3.48. The maximum absolute atomic E-state index is 12.9. The highest BCUT2D eigenvalue weighted by Crippen LogP contribution is 2.27. The molecule has 0 spiro atoms. The Morgan fingerprint density at radius 1 is 0.892 bits per heavy atom. The van der Waals surface area contributed by atoms with Crippen LogP contribution in [0.5, 0.6) is 0 Å². The van der Waals surface area contributed by atoms with E-state index in [2.05, 4.69) is 20.3 Å². The lowest BCUT2D eigenvalue weighted by atomic mass is 10.0. The molecule has 0 aliphatic carbocycles. The van der Waals surface area contributed by atoms with Crippen LogP contribution in [0.15, 0.2) is 102 Å². The van der Waals surface area contributed by atoms with Gasteiger partial charge in [0.15, 0.2) is 9.84 Å². The van der Waals surface area contributed by atoms with Crippen molar-refractivity contribution in [3.63, 3.8) is 0 Å². The highest BCUT2D eigenvalue weighted by atomic mass is 32.2. The molecule has 0 atom stereocenters. The number of benzene rings is 2. The molecule has 0 saturated heterocycles. The SMILES string of the molecule is CS(=O)(=O)c1ccc(NC(=O)c2ccc(-c3ccncc3)cc2)cc1Cc1nc(-c2cccnc2)cs1. The summed E-state index contributed by atoms with van der Waals surface area (Å²) in [6, 6.07) is 19.7. The number of thiazole rings is 1. The molecule has 0 saturated carbocycles. The minimum Gasteiger partial charge on any atom is -0.322 e. The normalized spacial score (nSPS) is 11.3. The Bertz CT molecular complexity index is 1650. The van der Waals surface area contributed by atoms with Gasteiger partial charge in [-0.05, 0) is 71.3 Å². The van der Waals surface area contributed by atoms with Crippen molar-refractivity contribution in [2.24, 2.45) is 0 Å². The number of pyridine rings is 2. The van der Waals surface area contributed by atoms with Gasteiger partial charge in [0.25, 0.3) is 5.91 Å². The first-order valence-corrected chi connectivity index (χ1v) is 14.1. The molecule has 184 valence electrons. The Morgan fingerprint density at radius 3 is 2.35 bits per heavy atom. The highest BCUT2D eigenvalue weighted by Gasteiger charge is 2.17. The molecule has 3 aromatic heterocycles. The maximum atomic E-state index is 12.9. The first kappa shape index (κ1) is 24.5. The third-order valence-corrected chi connectivity index (χ3v) is 7.78. The van der Waals surface area contributed by atoms with Gasteiger partial charge in [-0.15, -0.1) is 11.3 Å². The summed E-state index contributed by atoms with van der Waals surface area (Å²) in [5, 5.41) is 5.57. The van der Waals surface area contributed by atoms with Crippen molar-refractivity contribution in [3.05, 3.63) is 113 Å². The van der Waals surface area contributed by atoms with Crippen LogP contribution in [0.4, 0.5) is 5.69 Å². The van der Waals surface area contributed by atoms with Crippen molar-refractivity contribution in [2.75, 3.05) is 11.6 Å². The van der Waals surface area contributed by atoms with Gasteiger partial charge in [-0.2, -0.15) is 0 Å². The van der Waals surface area contributed by atoms with Crippen molar-refractivity contribution >= 4 is 32.8 Å². The smallest absolute Gasteiger partial charge is 0.255 e. The zero-order valence-corrected chi connectivity index (χ0v) is 21.5. The quantitative estimate of drug-likeness (QED) is 0.300. The highest BCUT2D eigenvalue weighted by molar-refractivity contribution is 7.90. The van der Waals surface area contributed by atoms with Gasteiger partial charge in [0, 0.05) is 59.7 Å². The van der Waals surface area contributed by atoms with Crippen LogP contribution in [0.3, 0.4) is 0 Å². The largest absolute Gasteiger partial charge is 0.322 e. The molecule has 9 heteroatoms. The zero-order chi connectivity index (χ0) is 25.8.